The number of amides is 1. The van der Waals surface area contributed by atoms with E-state index in [1.165, 1.54) is 0 Å². The van der Waals surface area contributed by atoms with Crippen LogP contribution >= 0.6 is 0 Å². The molecule has 2 aliphatic heterocycles. The summed E-state index contributed by atoms with van der Waals surface area (Å²) in [7, 11) is 0. The highest BCUT2D eigenvalue weighted by Crippen LogP contribution is 2.32. The van der Waals surface area contributed by atoms with E-state index < -0.39 is 0 Å². The van der Waals surface area contributed by atoms with Gasteiger partial charge in [0.25, 0.3) is 0 Å². The Labute approximate surface area is 60.4 Å². The third-order valence-corrected chi connectivity index (χ3v) is 2.87. The topological polar surface area (TPSA) is 43.1 Å². The highest BCUT2D eigenvalue weighted by molar-refractivity contribution is 5.70. The Kier molecular flexibility index (Phi) is 1.13. The molecule has 0 bridgehead atoms. The van der Waals surface area contributed by atoms with E-state index in [1.807, 2.05) is 0 Å². The molecule has 0 saturated carbocycles. The first-order valence-electron chi connectivity index (χ1n) is 3.93. The molecule has 0 aliphatic carbocycles. The molecule has 1 amide bonds. The number of fused-ring (bicyclic) bond motifs is 1. The largest absolute Gasteiger partial charge is 0.333 e. The van der Waals surface area contributed by atoms with Crippen molar-refractivity contribution in [1.82, 2.24) is 0 Å². The number of hydrogen-bond donors (Lipinski definition) is 1. The van der Waals surface area contributed by atoms with Crippen molar-refractivity contribution in [3.63, 3.8) is 0 Å². The molecule has 56 valence electrons. The molecular weight excluding hydrogens is 128 g/mol. The number of carbonyl (C=O) groups is 1. The standard InChI is InChI=1S/C7H13N2O/c8-9-5-1-2-6(9)3-4-7(9)10/h6H,1-5,8H2/q+1. The maximum Gasteiger partial charge on any atom is 0.333 e. The van der Waals surface area contributed by atoms with Gasteiger partial charge in [-0.15, -0.1) is 0 Å². The number of carbonyl (C=O) groups excluding carboxylic acids is 1. The zero-order valence-electron chi connectivity index (χ0n) is 6.05. The van der Waals surface area contributed by atoms with Gasteiger partial charge in [-0.05, 0) is 0 Å². The Hall–Kier alpha value is -0.410. The predicted molar refractivity (Wildman–Crippen MR) is 36.6 cm³/mol. The van der Waals surface area contributed by atoms with Crippen LogP contribution in [-0.2, 0) is 4.79 Å². The summed E-state index contributed by atoms with van der Waals surface area (Å²) in [6, 6.07) is 0.465. The van der Waals surface area contributed by atoms with Crippen molar-refractivity contribution < 1.29 is 9.39 Å². The van der Waals surface area contributed by atoms with Crippen LogP contribution in [-0.4, -0.2) is 23.1 Å². The van der Waals surface area contributed by atoms with Crippen LogP contribution in [0.3, 0.4) is 0 Å². The maximum atomic E-state index is 11.2. The van der Waals surface area contributed by atoms with Gasteiger partial charge < -0.3 is 0 Å². The predicted octanol–water partition coefficient (Wildman–Crippen LogP) is 0.160. The van der Waals surface area contributed by atoms with Gasteiger partial charge >= 0.3 is 5.91 Å². The van der Waals surface area contributed by atoms with Crippen LogP contribution < -0.4 is 5.84 Å². The Balaban J connectivity index is 2.30. The van der Waals surface area contributed by atoms with Crippen LogP contribution in [0.5, 0.6) is 0 Å². The van der Waals surface area contributed by atoms with Crippen LogP contribution in [0, 0.1) is 0 Å². The lowest BCUT2D eigenvalue weighted by atomic mass is 10.2. The smallest absolute Gasteiger partial charge is 0.229 e. The van der Waals surface area contributed by atoms with Crippen LogP contribution in [0.2, 0.25) is 0 Å². The van der Waals surface area contributed by atoms with Crippen molar-refractivity contribution >= 4 is 5.91 Å². The highest BCUT2D eigenvalue weighted by Gasteiger charge is 2.50. The average Bonchev–Trinajstić information content (AvgIpc) is 2.36. The minimum absolute atomic E-state index is 0.252. The second kappa shape index (κ2) is 1.80. The summed E-state index contributed by atoms with van der Waals surface area (Å²) in [6.45, 7) is 0.878. The molecule has 2 aliphatic rings. The quantitative estimate of drug-likeness (QED) is 0.296. The SMILES string of the molecule is N[N+]12CCCC1CCC2=O. The fourth-order valence-electron chi connectivity index (χ4n) is 2.20. The summed E-state index contributed by atoms with van der Waals surface area (Å²) in [6.07, 6.45) is 4.02. The first-order chi connectivity index (χ1) is 4.73. The van der Waals surface area contributed by atoms with Crippen LogP contribution in [0.25, 0.3) is 0 Å². The molecule has 3 nitrogen and oxygen atoms in total. The van der Waals surface area contributed by atoms with Gasteiger partial charge in [0.15, 0.2) is 0 Å². The summed E-state index contributed by atoms with van der Waals surface area (Å²) in [5.41, 5.74) is 0. The lowest BCUT2D eigenvalue weighted by Gasteiger charge is -2.24. The van der Waals surface area contributed by atoms with E-state index in [4.69, 9.17) is 5.84 Å². The zero-order chi connectivity index (χ0) is 7.19. The van der Waals surface area contributed by atoms with Gasteiger partial charge in [-0.3, -0.25) is 0 Å². The van der Waals surface area contributed by atoms with Gasteiger partial charge in [-0.1, -0.05) is 0 Å². The van der Waals surface area contributed by atoms with Crippen molar-refractivity contribution in [3.05, 3.63) is 0 Å². The normalized spacial score (nSPS) is 46.1. The van der Waals surface area contributed by atoms with E-state index in [-0.39, 0.29) is 10.5 Å². The van der Waals surface area contributed by atoms with Crippen LogP contribution in [0.1, 0.15) is 25.7 Å². The maximum absolute atomic E-state index is 11.2. The van der Waals surface area contributed by atoms with Crippen molar-refractivity contribution in [2.24, 2.45) is 5.84 Å². The van der Waals surface area contributed by atoms with Gasteiger partial charge in [-0.25, -0.2) is 4.79 Å². The molecule has 0 aromatic carbocycles. The molecule has 2 N–H and O–H groups in total. The van der Waals surface area contributed by atoms with E-state index in [0.29, 0.717) is 12.5 Å². The molecule has 2 saturated heterocycles. The van der Waals surface area contributed by atoms with E-state index in [1.54, 1.807) is 0 Å². The number of nitrogens with zero attached hydrogens (tertiary/aromatic N) is 1. The minimum atomic E-state index is 0.252. The lowest BCUT2D eigenvalue weighted by Crippen LogP contribution is -2.56. The first kappa shape index (κ1) is 6.31. The first-order valence-corrected chi connectivity index (χ1v) is 3.93. The van der Waals surface area contributed by atoms with E-state index in [0.717, 1.165) is 25.8 Å². The number of nitrogens with two attached hydrogens (primary N) is 1. The van der Waals surface area contributed by atoms with E-state index >= 15 is 0 Å². The summed E-state index contributed by atoms with van der Waals surface area (Å²) in [5.74, 6) is 6.15. The molecule has 0 aromatic rings. The Bertz CT molecular complexity index is 180. The van der Waals surface area contributed by atoms with E-state index in [2.05, 4.69) is 0 Å². The Morgan fingerprint density at radius 1 is 1.50 bits per heavy atom. The third kappa shape index (κ3) is 0.592. The Morgan fingerprint density at radius 2 is 2.30 bits per heavy atom. The number of rotatable bonds is 0. The molecule has 2 heterocycles. The molecule has 2 rings (SSSR count). The molecular formula is C7H13N2O+. The third-order valence-electron chi connectivity index (χ3n) is 2.87. The molecule has 0 radical (unpaired) electrons. The van der Waals surface area contributed by atoms with Crippen molar-refractivity contribution in [1.29, 1.82) is 0 Å². The van der Waals surface area contributed by atoms with Gasteiger partial charge in [0, 0.05) is 19.3 Å². The van der Waals surface area contributed by atoms with Crippen LogP contribution in [0.15, 0.2) is 0 Å². The second-order valence-corrected chi connectivity index (χ2v) is 3.38. The molecule has 2 unspecified atom stereocenters. The van der Waals surface area contributed by atoms with Crippen molar-refractivity contribution in [2.45, 2.75) is 31.7 Å². The second-order valence-electron chi connectivity index (χ2n) is 3.38. The number of hydrogen-bond acceptors (Lipinski definition) is 2. The molecule has 3 heteroatoms. The lowest BCUT2D eigenvalue weighted by molar-refractivity contribution is -0.869. The Morgan fingerprint density at radius 3 is 3.00 bits per heavy atom. The molecule has 0 spiro atoms. The van der Waals surface area contributed by atoms with Crippen LogP contribution in [0.4, 0.5) is 0 Å². The monoisotopic (exact) mass is 141 g/mol. The van der Waals surface area contributed by atoms with Gasteiger partial charge in [-0.2, -0.15) is 10.4 Å². The molecule has 2 atom stereocenters. The van der Waals surface area contributed by atoms with Crippen molar-refractivity contribution in [3.8, 4) is 0 Å². The van der Waals surface area contributed by atoms with Crippen molar-refractivity contribution in [2.75, 3.05) is 6.54 Å². The fourth-order valence-corrected chi connectivity index (χ4v) is 2.20. The summed E-state index contributed by atoms with van der Waals surface area (Å²) < 4.78 is 0.264. The number of quaternary nitrogens is 1. The van der Waals surface area contributed by atoms with Gasteiger partial charge in [0.1, 0.15) is 12.6 Å². The van der Waals surface area contributed by atoms with Gasteiger partial charge in [0.05, 0.1) is 6.42 Å². The summed E-state index contributed by atoms with van der Waals surface area (Å²) >= 11 is 0. The summed E-state index contributed by atoms with van der Waals surface area (Å²) in [5, 5.41) is 0. The minimum Gasteiger partial charge on any atom is -0.229 e. The average molecular weight is 141 g/mol. The summed E-state index contributed by atoms with van der Waals surface area (Å²) in [4.78, 5) is 11.2. The molecule has 10 heavy (non-hydrogen) atoms. The molecule has 0 aromatic heterocycles. The van der Waals surface area contributed by atoms with Gasteiger partial charge in [0.2, 0.25) is 0 Å². The fraction of sp³-hybridized carbons (Fsp3) is 0.857. The zero-order valence-corrected chi connectivity index (χ0v) is 6.05. The highest BCUT2D eigenvalue weighted by atomic mass is 16.2. The molecule has 2 fully saturated rings. The van der Waals surface area contributed by atoms with E-state index in [9.17, 15) is 4.79 Å².